The lowest BCUT2D eigenvalue weighted by Gasteiger charge is -2.36. The van der Waals surface area contributed by atoms with Crippen molar-refractivity contribution < 1.29 is 19.4 Å². The predicted molar refractivity (Wildman–Crippen MR) is 91.1 cm³/mol. The standard InChI is InChI=1S/C14H20B2N2O4S/c1-13(2)14(3,6-12-5-10(9-23-12)15(19)20)22-16(21-13)11-7-17-18(4)8-11/h5,7-9,19-20H,6H2,1-4H3. The maximum Gasteiger partial charge on any atom is 0.498 e. The van der Waals surface area contributed by atoms with Crippen molar-refractivity contribution in [2.45, 2.75) is 38.4 Å². The summed E-state index contributed by atoms with van der Waals surface area (Å²) in [5, 5.41) is 24.4. The molecule has 2 aromatic heterocycles. The van der Waals surface area contributed by atoms with E-state index in [4.69, 9.17) is 9.31 Å². The maximum absolute atomic E-state index is 9.25. The highest BCUT2D eigenvalue weighted by Gasteiger charge is 2.54. The van der Waals surface area contributed by atoms with Crippen LogP contribution >= 0.6 is 11.3 Å². The predicted octanol–water partition coefficient (Wildman–Crippen LogP) is -0.317. The van der Waals surface area contributed by atoms with E-state index < -0.39 is 25.4 Å². The van der Waals surface area contributed by atoms with Crippen LogP contribution in [0.5, 0.6) is 0 Å². The van der Waals surface area contributed by atoms with E-state index in [9.17, 15) is 10.0 Å². The lowest BCUT2D eigenvalue weighted by atomic mass is 9.80. The maximum atomic E-state index is 9.25. The molecule has 0 spiro atoms. The van der Waals surface area contributed by atoms with Gasteiger partial charge in [0.2, 0.25) is 0 Å². The summed E-state index contributed by atoms with van der Waals surface area (Å²) >= 11 is 1.49. The van der Waals surface area contributed by atoms with Gasteiger partial charge in [-0.15, -0.1) is 11.3 Å². The Morgan fingerprint density at radius 2 is 2.09 bits per heavy atom. The van der Waals surface area contributed by atoms with Gasteiger partial charge in [0.15, 0.2) is 0 Å². The molecule has 2 aromatic rings. The molecule has 3 rings (SSSR count). The second kappa shape index (κ2) is 5.75. The van der Waals surface area contributed by atoms with E-state index in [1.54, 1.807) is 22.3 Å². The molecule has 0 radical (unpaired) electrons. The zero-order valence-electron chi connectivity index (χ0n) is 13.7. The smallest absolute Gasteiger partial charge is 0.423 e. The fraction of sp³-hybridized carbons (Fsp3) is 0.500. The van der Waals surface area contributed by atoms with Crippen molar-refractivity contribution in [2.75, 3.05) is 0 Å². The quantitative estimate of drug-likeness (QED) is 0.750. The molecule has 0 aromatic carbocycles. The van der Waals surface area contributed by atoms with Gasteiger partial charge in [0, 0.05) is 36.2 Å². The minimum absolute atomic E-state index is 0.452. The molecule has 0 aliphatic carbocycles. The molecule has 6 nitrogen and oxygen atoms in total. The normalized spacial score (nSPS) is 23.5. The molecule has 1 saturated heterocycles. The third-order valence-corrected chi connectivity index (χ3v) is 5.48. The molecule has 0 amide bonds. The molecule has 0 bridgehead atoms. The third kappa shape index (κ3) is 3.12. The van der Waals surface area contributed by atoms with Crippen molar-refractivity contribution in [2.24, 2.45) is 7.05 Å². The monoisotopic (exact) mass is 334 g/mol. The van der Waals surface area contributed by atoms with E-state index in [2.05, 4.69) is 5.10 Å². The van der Waals surface area contributed by atoms with Crippen LogP contribution in [0.25, 0.3) is 0 Å². The Balaban J connectivity index is 1.81. The zero-order valence-corrected chi connectivity index (χ0v) is 14.5. The second-order valence-corrected chi connectivity index (χ2v) is 7.65. The van der Waals surface area contributed by atoms with Gasteiger partial charge in [0.1, 0.15) is 0 Å². The van der Waals surface area contributed by atoms with Crippen LogP contribution in [0.15, 0.2) is 23.8 Å². The van der Waals surface area contributed by atoms with Gasteiger partial charge >= 0.3 is 14.2 Å². The SMILES string of the molecule is Cn1cc(B2OC(C)(C)C(C)(Cc3cc(B(O)O)cs3)O2)cn1. The van der Waals surface area contributed by atoms with Crippen LogP contribution in [-0.4, -0.2) is 45.3 Å². The van der Waals surface area contributed by atoms with Gasteiger partial charge in [-0.1, -0.05) is 0 Å². The summed E-state index contributed by atoms with van der Waals surface area (Å²) in [5.74, 6) is 0. The summed E-state index contributed by atoms with van der Waals surface area (Å²) in [5.41, 5.74) is 0.377. The van der Waals surface area contributed by atoms with Crippen LogP contribution in [0.2, 0.25) is 0 Å². The fourth-order valence-corrected chi connectivity index (χ4v) is 3.75. The van der Waals surface area contributed by atoms with E-state index >= 15 is 0 Å². The average Bonchev–Trinajstić information content (AvgIpc) is 3.10. The van der Waals surface area contributed by atoms with E-state index in [0.717, 1.165) is 10.3 Å². The largest absolute Gasteiger partial charge is 0.498 e. The molecule has 0 saturated carbocycles. The number of aromatic nitrogens is 2. The summed E-state index contributed by atoms with van der Waals surface area (Å²) in [6.07, 6.45) is 4.27. The van der Waals surface area contributed by atoms with Crippen LogP contribution < -0.4 is 10.9 Å². The van der Waals surface area contributed by atoms with Gasteiger partial charge in [-0.05, 0) is 37.7 Å². The van der Waals surface area contributed by atoms with Crippen molar-refractivity contribution in [3.63, 3.8) is 0 Å². The van der Waals surface area contributed by atoms with Gasteiger partial charge in [-0.2, -0.15) is 5.10 Å². The number of hydrogen-bond donors (Lipinski definition) is 2. The molecule has 1 fully saturated rings. The van der Waals surface area contributed by atoms with Crippen LogP contribution in [0.3, 0.4) is 0 Å². The molecule has 1 aliphatic heterocycles. The van der Waals surface area contributed by atoms with Crippen LogP contribution in [-0.2, 0) is 22.8 Å². The molecule has 23 heavy (non-hydrogen) atoms. The first-order chi connectivity index (χ1) is 10.7. The van der Waals surface area contributed by atoms with Crippen molar-refractivity contribution in [1.29, 1.82) is 0 Å². The highest BCUT2D eigenvalue weighted by atomic mass is 32.1. The molecule has 1 aliphatic rings. The number of nitrogens with zero attached hydrogens (tertiary/aromatic N) is 2. The van der Waals surface area contributed by atoms with Gasteiger partial charge in [0.05, 0.1) is 11.2 Å². The highest BCUT2D eigenvalue weighted by molar-refractivity contribution is 7.11. The van der Waals surface area contributed by atoms with Crippen molar-refractivity contribution in [3.8, 4) is 0 Å². The van der Waals surface area contributed by atoms with Crippen molar-refractivity contribution in [1.82, 2.24) is 9.78 Å². The number of rotatable bonds is 4. The Hall–Kier alpha value is -1.12. The minimum atomic E-state index is -1.44. The summed E-state index contributed by atoms with van der Waals surface area (Å²) < 4.78 is 14.1. The molecule has 9 heteroatoms. The number of hydrogen-bond acceptors (Lipinski definition) is 6. The lowest BCUT2D eigenvalue weighted by molar-refractivity contribution is -0.00819. The molecular formula is C14H20B2N2O4S. The first kappa shape index (κ1) is 16.7. The minimum Gasteiger partial charge on any atom is -0.423 e. The number of aryl methyl sites for hydroxylation is 1. The summed E-state index contributed by atoms with van der Waals surface area (Å²) in [6, 6.07) is 1.80. The topological polar surface area (TPSA) is 76.7 Å². The molecule has 1 unspecified atom stereocenters. The Labute approximate surface area is 140 Å². The molecular weight excluding hydrogens is 314 g/mol. The van der Waals surface area contributed by atoms with E-state index in [-0.39, 0.29) is 0 Å². The fourth-order valence-electron chi connectivity index (χ4n) is 2.71. The van der Waals surface area contributed by atoms with Crippen molar-refractivity contribution in [3.05, 3.63) is 28.7 Å². The molecule has 3 heterocycles. The van der Waals surface area contributed by atoms with Gasteiger partial charge in [0.25, 0.3) is 0 Å². The lowest BCUT2D eigenvalue weighted by Crippen LogP contribution is -2.46. The molecule has 122 valence electrons. The highest BCUT2D eigenvalue weighted by Crippen LogP contribution is 2.40. The van der Waals surface area contributed by atoms with Crippen LogP contribution in [0, 0.1) is 0 Å². The zero-order chi connectivity index (χ0) is 16.8. The molecule has 2 N–H and O–H groups in total. The van der Waals surface area contributed by atoms with Gasteiger partial charge in [-0.25, -0.2) is 0 Å². The van der Waals surface area contributed by atoms with Gasteiger partial charge in [-0.3, -0.25) is 4.68 Å². The van der Waals surface area contributed by atoms with Gasteiger partial charge < -0.3 is 19.4 Å². The summed E-state index contributed by atoms with van der Waals surface area (Å²) in [6.45, 7) is 6.05. The Morgan fingerprint density at radius 1 is 1.35 bits per heavy atom. The summed E-state index contributed by atoms with van der Waals surface area (Å²) in [4.78, 5) is 1.03. The van der Waals surface area contributed by atoms with Crippen molar-refractivity contribution >= 4 is 36.5 Å². The second-order valence-electron chi connectivity index (χ2n) is 6.65. The Bertz CT molecular complexity index is 703. The van der Waals surface area contributed by atoms with Crippen LogP contribution in [0.4, 0.5) is 0 Å². The summed E-state index contributed by atoms with van der Waals surface area (Å²) in [7, 11) is -0.0350. The van der Waals surface area contributed by atoms with E-state index in [0.29, 0.717) is 11.9 Å². The van der Waals surface area contributed by atoms with E-state index in [1.165, 1.54) is 11.3 Å². The van der Waals surface area contributed by atoms with E-state index in [1.807, 2.05) is 34.0 Å². The molecule has 1 atom stereocenters. The van der Waals surface area contributed by atoms with Crippen LogP contribution in [0.1, 0.15) is 25.6 Å². The average molecular weight is 334 g/mol. The third-order valence-electron chi connectivity index (χ3n) is 4.52. The first-order valence-electron chi connectivity index (χ1n) is 7.48. The first-order valence-corrected chi connectivity index (χ1v) is 8.36. The number of thiophene rings is 1. The Kier molecular flexibility index (Phi) is 4.18. The Morgan fingerprint density at radius 3 is 2.65 bits per heavy atom.